The van der Waals surface area contributed by atoms with Crippen molar-refractivity contribution in [2.75, 3.05) is 19.7 Å². The number of likely N-dealkylation sites (tertiary alicyclic amines) is 1. The number of hydrogen-bond donors (Lipinski definition) is 1. The number of halogens is 2. The molecule has 4 rings (SSSR count). The van der Waals surface area contributed by atoms with Gasteiger partial charge in [-0.05, 0) is 55.2 Å². The first-order valence-corrected chi connectivity index (χ1v) is 10.8. The van der Waals surface area contributed by atoms with E-state index in [-0.39, 0.29) is 41.7 Å². The highest BCUT2D eigenvalue weighted by Gasteiger charge is 2.40. The van der Waals surface area contributed by atoms with Crippen molar-refractivity contribution >= 4 is 23.4 Å². The Kier molecular flexibility index (Phi) is 6.43. The summed E-state index contributed by atoms with van der Waals surface area (Å²) >= 11 is 5.93. The first-order chi connectivity index (χ1) is 14.9. The first kappa shape index (κ1) is 21.6. The van der Waals surface area contributed by atoms with Gasteiger partial charge < -0.3 is 15.4 Å². The van der Waals surface area contributed by atoms with Crippen molar-refractivity contribution in [3.8, 4) is 5.75 Å². The summed E-state index contributed by atoms with van der Waals surface area (Å²) in [7, 11) is 0. The van der Waals surface area contributed by atoms with Crippen molar-refractivity contribution in [3.63, 3.8) is 0 Å². The lowest BCUT2D eigenvalue weighted by Gasteiger charge is -2.50. The number of ether oxygens (including phenoxy) is 1. The summed E-state index contributed by atoms with van der Waals surface area (Å²) in [5.74, 6) is -0.737. The van der Waals surface area contributed by atoms with Crippen LogP contribution in [0.2, 0.25) is 5.02 Å². The van der Waals surface area contributed by atoms with Crippen LogP contribution in [-0.4, -0.2) is 53.4 Å². The molecule has 2 bridgehead atoms. The molecule has 8 heteroatoms. The average Bonchev–Trinajstić information content (AvgIpc) is 2.73. The average molecular weight is 446 g/mol. The molecule has 0 radical (unpaired) electrons. The SMILES string of the molecule is NC(=O)c1cc(Cl)ccc1OCC(=O)N1C2CCCC1CN(Cc1ccc(F)cc1)C2. The summed E-state index contributed by atoms with van der Waals surface area (Å²) in [6.07, 6.45) is 2.97. The fourth-order valence-corrected chi connectivity index (χ4v) is 4.79. The zero-order chi connectivity index (χ0) is 22.0. The van der Waals surface area contributed by atoms with E-state index in [4.69, 9.17) is 22.1 Å². The molecule has 6 nitrogen and oxygen atoms in total. The fraction of sp³-hybridized carbons (Fsp3) is 0.391. The largest absolute Gasteiger partial charge is 0.483 e. The van der Waals surface area contributed by atoms with Crippen LogP contribution in [0.25, 0.3) is 0 Å². The third-order valence-corrected chi connectivity index (χ3v) is 6.20. The first-order valence-electron chi connectivity index (χ1n) is 10.4. The molecular formula is C23H25ClFN3O3. The quantitative estimate of drug-likeness (QED) is 0.740. The van der Waals surface area contributed by atoms with Gasteiger partial charge in [0.2, 0.25) is 0 Å². The highest BCUT2D eigenvalue weighted by Crippen LogP contribution is 2.30. The Morgan fingerprint density at radius 2 is 1.77 bits per heavy atom. The molecule has 0 saturated carbocycles. The highest BCUT2D eigenvalue weighted by molar-refractivity contribution is 6.31. The van der Waals surface area contributed by atoms with Crippen molar-refractivity contribution in [3.05, 3.63) is 64.4 Å². The van der Waals surface area contributed by atoms with Gasteiger partial charge in [0.05, 0.1) is 5.56 Å². The van der Waals surface area contributed by atoms with Crippen LogP contribution in [0.5, 0.6) is 5.75 Å². The standard InChI is InChI=1S/C23H25ClFN3O3/c24-16-6-9-21(20(10-16)23(26)30)31-14-22(29)28-18-2-1-3-19(28)13-27(12-18)11-15-4-7-17(25)8-5-15/h4-10,18-19H,1-3,11-14H2,(H2,26,30). The molecule has 2 saturated heterocycles. The minimum Gasteiger partial charge on any atom is -0.483 e. The van der Waals surface area contributed by atoms with E-state index in [1.807, 2.05) is 4.90 Å². The smallest absolute Gasteiger partial charge is 0.261 e. The Hall–Kier alpha value is -2.64. The zero-order valence-electron chi connectivity index (χ0n) is 17.1. The lowest BCUT2D eigenvalue weighted by atomic mass is 9.91. The molecular weight excluding hydrogens is 421 g/mol. The van der Waals surface area contributed by atoms with Crippen molar-refractivity contribution in [1.29, 1.82) is 0 Å². The van der Waals surface area contributed by atoms with Crippen LogP contribution < -0.4 is 10.5 Å². The van der Waals surface area contributed by atoms with E-state index in [0.29, 0.717) is 5.02 Å². The van der Waals surface area contributed by atoms with E-state index in [9.17, 15) is 14.0 Å². The van der Waals surface area contributed by atoms with Crippen LogP contribution in [0.3, 0.4) is 0 Å². The molecule has 2 fully saturated rings. The molecule has 0 spiro atoms. The molecule has 164 valence electrons. The number of benzene rings is 2. The Morgan fingerprint density at radius 1 is 1.10 bits per heavy atom. The second kappa shape index (κ2) is 9.24. The number of nitrogens with two attached hydrogens (primary N) is 1. The second-order valence-corrected chi connectivity index (χ2v) is 8.59. The summed E-state index contributed by atoms with van der Waals surface area (Å²) in [6, 6.07) is 11.4. The summed E-state index contributed by atoms with van der Waals surface area (Å²) in [6.45, 7) is 2.12. The highest BCUT2D eigenvalue weighted by atomic mass is 35.5. The Morgan fingerprint density at radius 3 is 2.42 bits per heavy atom. The molecule has 2 amide bonds. The third-order valence-electron chi connectivity index (χ3n) is 5.97. The fourth-order valence-electron chi connectivity index (χ4n) is 4.61. The third kappa shape index (κ3) is 4.99. The Labute approximate surface area is 185 Å². The monoisotopic (exact) mass is 445 g/mol. The molecule has 2 heterocycles. The number of piperidine rings is 1. The van der Waals surface area contributed by atoms with Crippen molar-refractivity contribution in [1.82, 2.24) is 9.80 Å². The lowest BCUT2D eigenvalue weighted by Crippen LogP contribution is -2.63. The van der Waals surface area contributed by atoms with Crippen molar-refractivity contribution in [2.45, 2.75) is 37.9 Å². The molecule has 31 heavy (non-hydrogen) atoms. The minimum absolute atomic E-state index is 0.0958. The zero-order valence-corrected chi connectivity index (χ0v) is 17.9. The molecule has 2 unspecified atom stereocenters. The molecule has 0 aromatic heterocycles. The van der Waals surface area contributed by atoms with Gasteiger partial charge >= 0.3 is 0 Å². The van der Waals surface area contributed by atoms with Crippen LogP contribution in [0, 0.1) is 5.82 Å². The molecule has 2 aromatic carbocycles. The maximum absolute atomic E-state index is 13.2. The number of rotatable bonds is 6. The normalized spacial score (nSPS) is 21.0. The second-order valence-electron chi connectivity index (χ2n) is 8.15. The maximum atomic E-state index is 13.2. The van der Waals surface area contributed by atoms with Gasteiger partial charge in [-0.25, -0.2) is 4.39 Å². The van der Waals surface area contributed by atoms with E-state index in [0.717, 1.165) is 44.5 Å². The van der Waals surface area contributed by atoms with Crippen LogP contribution in [0.4, 0.5) is 4.39 Å². The lowest BCUT2D eigenvalue weighted by molar-refractivity contribution is -0.145. The predicted molar refractivity (Wildman–Crippen MR) is 115 cm³/mol. The number of nitrogens with zero attached hydrogens (tertiary/aromatic N) is 2. The van der Waals surface area contributed by atoms with Crippen molar-refractivity contribution in [2.24, 2.45) is 5.73 Å². The summed E-state index contributed by atoms with van der Waals surface area (Å²) in [4.78, 5) is 29.0. The van der Waals surface area contributed by atoms with Gasteiger partial charge in [-0.2, -0.15) is 0 Å². The number of fused-ring (bicyclic) bond motifs is 2. The van der Waals surface area contributed by atoms with Crippen LogP contribution in [0.15, 0.2) is 42.5 Å². The van der Waals surface area contributed by atoms with Crippen LogP contribution >= 0.6 is 11.6 Å². The maximum Gasteiger partial charge on any atom is 0.261 e. The minimum atomic E-state index is -0.656. The van der Waals surface area contributed by atoms with Crippen LogP contribution in [-0.2, 0) is 11.3 Å². The van der Waals surface area contributed by atoms with Gasteiger partial charge in [-0.15, -0.1) is 0 Å². The summed E-state index contributed by atoms with van der Waals surface area (Å²) < 4.78 is 18.8. The van der Waals surface area contributed by atoms with E-state index >= 15 is 0 Å². The number of carbonyl (C=O) groups is 2. The van der Waals surface area contributed by atoms with Gasteiger partial charge in [0.15, 0.2) is 6.61 Å². The number of hydrogen-bond acceptors (Lipinski definition) is 4. The van der Waals surface area contributed by atoms with Crippen molar-refractivity contribution < 1.29 is 18.7 Å². The molecule has 2 aromatic rings. The number of piperazine rings is 1. The molecule has 2 aliphatic rings. The number of carbonyl (C=O) groups excluding carboxylic acids is 2. The Balaban J connectivity index is 1.40. The Bertz CT molecular complexity index is 955. The predicted octanol–water partition coefficient (Wildman–Crippen LogP) is 3.22. The molecule has 2 atom stereocenters. The molecule has 2 aliphatic heterocycles. The topological polar surface area (TPSA) is 75.9 Å². The van der Waals surface area contributed by atoms with Gasteiger partial charge in [-0.3, -0.25) is 14.5 Å². The van der Waals surface area contributed by atoms with Gasteiger partial charge in [0, 0.05) is 36.7 Å². The van der Waals surface area contributed by atoms with E-state index in [2.05, 4.69) is 4.90 Å². The van der Waals surface area contributed by atoms with E-state index in [1.54, 1.807) is 24.3 Å². The molecule has 2 N–H and O–H groups in total. The number of primary amides is 1. The summed E-state index contributed by atoms with van der Waals surface area (Å²) in [5, 5.41) is 0.374. The summed E-state index contributed by atoms with van der Waals surface area (Å²) in [5.41, 5.74) is 6.61. The van der Waals surface area contributed by atoms with Gasteiger partial charge in [0.1, 0.15) is 11.6 Å². The van der Waals surface area contributed by atoms with E-state index in [1.165, 1.54) is 18.2 Å². The van der Waals surface area contributed by atoms with Gasteiger partial charge in [-0.1, -0.05) is 23.7 Å². The van der Waals surface area contributed by atoms with E-state index < -0.39 is 5.91 Å². The number of amides is 2. The van der Waals surface area contributed by atoms with Gasteiger partial charge in [0.25, 0.3) is 11.8 Å². The van der Waals surface area contributed by atoms with Crippen LogP contribution in [0.1, 0.15) is 35.2 Å². The molecule has 0 aliphatic carbocycles.